The zero-order valence-corrected chi connectivity index (χ0v) is 19.7. The maximum absolute atomic E-state index is 14.5. The number of halogens is 2. The molecule has 6 rings (SSSR count). The van der Waals surface area contributed by atoms with E-state index in [0.717, 1.165) is 36.9 Å². The van der Waals surface area contributed by atoms with Gasteiger partial charge in [0.15, 0.2) is 5.78 Å². The molecule has 2 fully saturated rings. The van der Waals surface area contributed by atoms with E-state index in [0.29, 0.717) is 12.1 Å². The molecular formula is C27H26F2N4O2. The second kappa shape index (κ2) is 7.43. The molecule has 0 aliphatic heterocycles. The molecule has 0 saturated heterocycles. The average Bonchev–Trinajstić information content (AvgIpc) is 3.47. The third-order valence-electron chi connectivity index (χ3n) is 8.60. The lowest BCUT2D eigenvalue weighted by atomic mass is 9.66. The van der Waals surface area contributed by atoms with Gasteiger partial charge < -0.3 is 5.11 Å². The topological polar surface area (TPSA) is 88.9 Å². The van der Waals surface area contributed by atoms with E-state index in [1.165, 1.54) is 24.4 Å². The number of benzene rings is 1. The highest BCUT2D eigenvalue weighted by Crippen LogP contribution is 2.69. The first-order valence-electron chi connectivity index (χ1n) is 12.1. The van der Waals surface area contributed by atoms with Crippen molar-refractivity contribution in [3.05, 3.63) is 70.9 Å². The number of aliphatic hydroxyl groups is 1. The summed E-state index contributed by atoms with van der Waals surface area (Å²) in [5.74, 6) is -1.39. The molecule has 3 aliphatic carbocycles. The average molecular weight is 477 g/mol. The van der Waals surface area contributed by atoms with E-state index in [2.05, 4.69) is 29.0 Å². The molecule has 1 N–H and O–H groups in total. The number of carbonyl (C=O) groups is 1. The minimum absolute atomic E-state index is 0.104. The van der Waals surface area contributed by atoms with Crippen LogP contribution in [0.2, 0.25) is 0 Å². The van der Waals surface area contributed by atoms with Gasteiger partial charge in [-0.1, -0.05) is 19.9 Å². The van der Waals surface area contributed by atoms with Gasteiger partial charge in [0, 0.05) is 12.6 Å². The van der Waals surface area contributed by atoms with Crippen molar-refractivity contribution in [1.82, 2.24) is 20.2 Å². The Hall–Kier alpha value is -3.13. The fraction of sp³-hybridized carbons (Fsp3) is 0.444. The Morgan fingerprint density at radius 3 is 2.57 bits per heavy atom. The smallest absolute Gasteiger partial charge is 0.182 e. The van der Waals surface area contributed by atoms with Crippen molar-refractivity contribution in [2.45, 2.75) is 69.3 Å². The fourth-order valence-corrected chi connectivity index (χ4v) is 6.33. The van der Waals surface area contributed by atoms with Gasteiger partial charge in [-0.25, -0.2) is 13.8 Å². The lowest BCUT2D eigenvalue weighted by molar-refractivity contribution is 0.0909. The second-order valence-corrected chi connectivity index (χ2v) is 10.8. The van der Waals surface area contributed by atoms with Crippen molar-refractivity contribution in [3.63, 3.8) is 0 Å². The predicted octanol–water partition coefficient (Wildman–Crippen LogP) is 4.90. The highest BCUT2D eigenvalue weighted by atomic mass is 19.1. The Morgan fingerprint density at radius 1 is 1.11 bits per heavy atom. The molecule has 0 unspecified atom stereocenters. The van der Waals surface area contributed by atoms with E-state index in [1.54, 1.807) is 12.3 Å². The summed E-state index contributed by atoms with van der Waals surface area (Å²) in [5, 5.41) is 18.9. The molecule has 6 nitrogen and oxygen atoms in total. The van der Waals surface area contributed by atoms with Crippen molar-refractivity contribution < 1.29 is 18.7 Å². The highest BCUT2D eigenvalue weighted by Gasteiger charge is 2.65. The van der Waals surface area contributed by atoms with Crippen LogP contribution in [0.1, 0.15) is 85.7 Å². The summed E-state index contributed by atoms with van der Waals surface area (Å²) >= 11 is 0. The first-order chi connectivity index (χ1) is 16.7. The molecule has 2 atom stereocenters. The molecule has 8 heteroatoms. The van der Waals surface area contributed by atoms with Crippen LogP contribution >= 0.6 is 0 Å². The number of hydrogen-bond donors (Lipinski definition) is 1. The van der Waals surface area contributed by atoms with Crippen LogP contribution in [0.3, 0.4) is 0 Å². The Kier molecular flexibility index (Phi) is 4.75. The maximum atomic E-state index is 14.5. The first kappa shape index (κ1) is 22.3. The van der Waals surface area contributed by atoms with Crippen molar-refractivity contribution >= 4 is 5.78 Å². The third kappa shape index (κ3) is 3.19. The van der Waals surface area contributed by atoms with Crippen LogP contribution in [0.15, 0.2) is 36.7 Å². The van der Waals surface area contributed by atoms with Gasteiger partial charge in [-0.2, -0.15) is 5.10 Å². The molecule has 2 bridgehead atoms. The van der Waals surface area contributed by atoms with Crippen LogP contribution in [0, 0.1) is 17.0 Å². The third-order valence-corrected chi connectivity index (χ3v) is 8.60. The Labute approximate surface area is 201 Å². The number of fused-ring (bicyclic) bond motifs is 5. The van der Waals surface area contributed by atoms with Gasteiger partial charge in [-0.3, -0.25) is 9.78 Å². The van der Waals surface area contributed by atoms with Crippen LogP contribution in [-0.2, 0) is 5.41 Å². The second-order valence-electron chi connectivity index (χ2n) is 10.8. The van der Waals surface area contributed by atoms with Crippen LogP contribution < -0.4 is 0 Å². The summed E-state index contributed by atoms with van der Waals surface area (Å²) in [6.45, 7) is 4.29. The predicted molar refractivity (Wildman–Crippen MR) is 124 cm³/mol. The van der Waals surface area contributed by atoms with Gasteiger partial charge >= 0.3 is 0 Å². The number of aromatic nitrogens is 4. The van der Waals surface area contributed by atoms with Gasteiger partial charge in [0.2, 0.25) is 0 Å². The highest BCUT2D eigenvalue weighted by molar-refractivity contribution is 5.94. The van der Waals surface area contributed by atoms with Gasteiger partial charge in [-0.15, -0.1) is 5.10 Å². The number of Topliss-reactive ketones (excluding diaryl/α,β-unsaturated/α-hetero) is 1. The van der Waals surface area contributed by atoms with Gasteiger partial charge in [-0.05, 0) is 67.2 Å². The number of ketones is 1. The molecule has 0 amide bonds. The zero-order valence-electron chi connectivity index (χ0n) is 19.7. The molecule has 1 aromatic carbocycles. The van der Waals surface area contributed by atoms with Crippen molar-refractivity contribution in [1.29, 1.82) is 0 Å². The molecule has 3 aliphatic rings. The van der Waals surface area contributed by atoms with Crippen LogP contribution in [0.4, 0.5) is 8.78 Å². The molecular weight excluding hydrogens is 450 g/mol. The van der Waals surface area contributed by atoms with Crippen LogP contribution in [0.5, 0.6) is 0 Å². The lowest BCUT2D eigenvalue weighted by Gasteiger charge is -2.37. The van der Waals surface area contributed by atoms with E-state index in [1.807, 2.05) is 0 Å². The summed E-state index contributed by atoms with van der Waals surface area (Å²) in [6.07, 6.45) is 6.92. The summed E-state index contributed by atoms with van der Waals surface area (Å²) in [6, 6.07) is 5.51. The molecule has 3 aromatic rings. The number of hydrogen-bond acceptors (Lipinski definition) is 6. The van der Waals surface area contributed by atoms with Crippen LogP contribution in [0.25, 0.3) is 11.3 Å². The van der Waals surface area contributed by atoms with E-state index < -0.39 is 22.7 Å². The first-order valence-corrected chi connectivity index (χ1v) is 12.1. The number of nitrogens with zero attached hydrogens (tertiary/aromatic N) is 4. The summed E-state index contributed by atoms with van der Waals surface area (Å²) in [4.78, 5) is 22.0. The molecule has 0 spiro atoms. The Bertz CT molecular complexity index is 1350. The molecule has 2 saturated carbocycles. The van der Waals surface area contributed by atoms with Crippen molar-refractivity contribution in [2.24, 2.45) is 5.41 Å². The Morgan fingerprint density at radius 2 is 1.86 bits per heavy atom. The molecule has 180 valence electrons. The van der Waals surface area contributed by atoms with Crippen molar-refractivity contribution in [3.8, 4) is 11.3 Å². The summed E-state index contributed by atoms with van der Waals surface area (Å²) in [7, 11) is 0. The van der Waals surface area contributed by atoms with Crippen LogP contribution in [-0.4, -0.2) is 36.7 Å². The minimum Gasteiger partial charge on any atom is -0.390 e. The zero-order chi connectivity index (χ0) is 24.6. The van der Waals surface area contributed by atoms with E-state index in [9.17, 15) is 18.7 Å². The molecule has 2 heterocycles. The van der Waals surface area contributed by atoms with Gasteiger partial charge in [0.25, 0.3) is 0 Å². The largest absolute Gasteiger partial charge is 0.390 e. The Balaban J connectivity index is 1.42. The molecule has 0 radical (unpaired) electrons. The minimum atomic E-state index is -0.699. The summed E-state index contributed by atoms with van der Waals surface area (Å²) in [5.41, 5.74) is 0.989. The van der Waals surface area contributed by atoms with E-state index in [-0.39, 0.29) is 40.5 Å². The maximum Gasteiger partial charge on any atom is 0.182 e. The molecule has 35 heavy (non-hydrogen) atoms. The lowest BCUT2D eigenvalue weighted by Crippen LogP contribution is -2.38. The van der Waals surface area contributed by atoms with E-state index >= 15 is 0 Å². The van der Waals surface area contributed by atoms with Crippen molar-refractivity contribution in [2.75, 3.05) is 0 Å². The van der Waals surface area contributed by atoms with Gasteiger partial charge in [0.05, 0.1) is 39.9 Å². The molecule has 2 aromatic heterocycles. The normalized spacial score (nSPS) is 24.9. The standard InChI is InChI=1S/C27H26F2N4O2/c1-25(2)16-6-9-27(25,22-14-30-13-20(31-22)21(34)7-8-26(35)10-11-26)24-15(16)12-19(32-33-24)23-17(28)4-3-5-18(23)29/h3-5,12-14,16,35H,6-11H2,1-2H3/t16-,27-/m0/s1. The monoisotopic (exact) mass is 476 g/mol. The van der Waals surface area contributed by atoms with Gasteiger partial charge in [0.1, 0.15) is 17.3 Å². The summed E-state index contributed by atoms with van der Waals surface area (Å²) < 4.78 is 28.9. The number of carbonyl (C=O) groups excluding carboxylic acids is 1. The SMILES string of the molecule is CC1(C)[C@H]2CC[C@]1(c1cncc(C(=O)CCC3(O)CC3)n1)c1nnc(-c3c(F)cccc3F)cc12. The number of rotatable bonds is 6. The quantitative estimate of drug-likeness (QED) is 0.509. The van der Waals surface area contributed by atoms with E-state index in [4.69, 9.17) is 4.98 Å². The fourth-order valence-electron chi connectivity index (χ4n) is 6.33.